The molecule has 5 nitrogen and oxygen atoms in total. The molecular formula is C20H20ClNO4. The van der Waals surface area contributed by atoms with Crippen molar-refractivity contribution in [2.75, 3.05) is 13.1 Å². The minimum absolute atomic E-state index is 0.0265. The summed E-state index contributed by atoms with van der Waals surface area (Å²) in [6, 6.07) is 10.6. The van der Waals surface area contributed by atoms with Crippen LogP contribution in [-0.4, -0.2) is 23.3 Å². The van der Waals surface area contributed by atoms with Crippen molar-refractivity contribution in [3.8, 4) is 22.8 Å². The Kier molecular flexibility index (Phi) is 5.81. The zero-order chi connectivity index (χ0) is 18.5. The van der Waals surface area contributed by atoms with Crippen LogP contribution < -0.4 is 10.7 Å². The number of hydrogen-bond acceptors (Lipinski definition) is 5. The lowest BCUT2D eigenvalue weighted by Gasteiger charge is -2.08. The van der Waals surface area contributed by atoms with Gasteiger partial charge in [-0.25, -0.2) is 0 Å². The van der Waals surface area contributed by atoms with E-state index >= 15 is 0 Å². The number of halogens is 1. The molecular weight excluding hydrogens is 354 g/mol. The fraction of sp³-hybridized carbons (Fsp3) is 0.250. The van der Waals surface area contributed by atoms with Gasteiger partial charge >= 0.3 is 0 Å². The number of phenols is 2. The number of piperidine rings is 1. The molecule has 3 N–H and O–H groups in total. The molecule has 1 aliphatic heterocycles. The highest BCUT2D eigenvalue weighted by Crippen LogP contribution is 2.32. The lowest BCUT2D eigenvalue weighted by molar-refractivity contribution is 0.452. The zero-order valence-electron chi connectivity index (χ0n) is 14.2. The largest absolute Gasteiger partial charge is 0.508 e. The van der Waals surface area contributed by atoms with Crippen LogP contribution in [-0.2, 0) is 0 Å². The fourth-order valence-electron chi connectivity index (χ4n) is 2.85. The first-order chi connectivity index (χ1) is 12.6. The van der Waals surface area contributed by atoms with Crippen LogP contribution in [0.5, 0.6) is 11.5 Å². The molecule has 0 radical (unpaired) electrons. The second kappa shape index (κ2) is 8.25. The van der Waals surface area contributed by atoms with Crippen molar-refractivity contribution in [2.45, 2.75) is 19.3 Å². The first kappa shape index (κ1) is 18.3. The molecule has 0 saturated carbocycles. The highest BCUT2D eigenvalue weighted by Gasteiger charge is 2.13. The Labute approximate surface area is 155 Å². The number of fused-ring (bicyclic) bond motifs is 1. The smallest absolute Gasteiger partial charge is 0.197 e. The average molecular weight is 374 g/mol. The van der Waals surface area contributed by atoms with Gasteiger partial charge < -0.3 is 19.9 Å². The number of hydrogen-bond donors (Lipinski definition) is 3. The topological polar surface area (TPSA) is 82.7 Å². The molecule has 4 rings (SSSR count). The van der Waals surface area contributed by atoms with Gasteiger partial charge in [0.2, 0.25) is 0 Å². The van der Waals surface area contributed by atoms with Gasteiger partial charge in [0.05, 0.1) is 5.02 Å². The summed E-state index contributed by atoms with van der Waals surface area (Å²) >= 11 is 6.06. The molecule has 0 spiro atoms. The van der Waals surface area contributed by atoms with Gasteiger partial charge in [0, 0.05) is 23.8 Å². The van der Waals surface area contributed by atoms with Crippen LogP contribution in [0.1, 0.15) is 19.3 Å². The Morgan fingerprint density at radius 2 is 1.73 bits per heavy atom. The van der Waals surface area contributed by atoms with E-state index in [1.807, 2.05) is 0 Å². The van der Waals surface area contributed by atoms with Crippen molar-refractivity contribution in [1.82, 2.24) is 5.32 Å². The third kappa shape index (κ3) is 4.18. The van der Waals surface area contributed by atoms with E-state index in [-0.39, 0.29) is 28.2 Å². The molecule has 6 heteroatoms. The van der Waals surface area contributed by atoms with Crippen LogP contribution in [0.3, 0.4) is 0 Å². The van der Waals surface area contributed by atoms with E-state index in [4.69, 9.17) is 16.0 Å². The second-order valence-electron chi connectivity index (χ2n) is 6.10. The molecule has 0 unspecified atom stereocenters. The number of aromatic hydroxyl groups is 2. The van der Waals surface area contributed by atoms with Gasteiger partial charge in [-0.2, -0.15) is 0 Å². The van der Waals surface area contributed by atoms with Gasteiger partial charge in [-0.05, 0) is 38.1 Å². The quantitative estimate of drug-likeness (QED) is 0.593. The predicted octanol–water partition coefficient (Wildman–Crippen LogP) is 4.28. The highest BCUT2D eigenvalue weighted by molar-refractivity contribution is 6.33. The lowest BCUT2D eigenvalue weighted by atomic mass is 10.1. The minimum atomic E-state index is -0.404. The first-order valence-electron chi connectivity index (χ1n) is 8.52. The summed E-state index contributed by atoms with van der Waals surface area (Å²) < 4.78 is 5.57. The molecule has 136 valence electrons. The van der Waals surface area contributed by atoms with Crippen molar-refractivity contribution in [2.24, 2.45) is 0 Å². The molecule has 2 heterocycles. The maximum atomic E-state index is 12.1. The van der Waals surface area contributed by atoms with Gasteiger partial charge in [0.1, 0.15) is 28.2 Å². The minimum Gasteiger partial charge on any atom is -0.508 e. The molecule has 2 aromatic carbocycles. The highest BCUT2D eigenvalue weighted by atomic mass is 35.5. The predicted molar refractivity (Wildman–Crippen MR) is 103 cm³/mol. The summed E-state index contributed by atoms with van der Waals surface area (Å²) in [5.41, 5.74) is 0.264. The van der Waals surface area contributed by atoms with Crippen LogP contribution in [0, 0.1) is 0 Å². The molecule has 26 heavy (non-hydrogen) atoms. The van der Waals surface area contributed by atoms with Crippen molar-refractivity contribution in [3.63, 3.8) is 0 Å². The van der Waals surface area contributed by atoms with Crippen molar-refractivity contribution in [1.29, 1.82) is 0 Å². The second-order valence-corrected chi connectivity index (χ2v) is 6.51. The van der Waals surface area contributed by atoms with Gasteiger partial charge in [-0.15, -0.1) is 0 Å². The van der Waals surface area contributed by atoms with E-state index in [1.165, 1.54) is 44.5 Å². The van der Waals surface area contributed by atoms with Gasteiger partial charge in [-0.3, -0.25) is 4.79 Å². The Bertz CT molecular complexity index is 952. The Morgan fingerprint density at radius 3 is 2.35 bits per heavy atom. The summed E-state index contributed by atoms with van der Waals surface area (Å²) in [7, 11) is 0. The maximum absolute atomic E-state index is 12.1. The summed E-state index contributed by atoms with van der Waals surface area (Å²) in [5, 5.41) is 22.9. The first-order valence-corrected chi connectivity index (χ1v) is 8.89. The SMILES string of the molecule is C1CCNCC1.O=c1cc(-c2ccccc2Cl)oc2cc(O)cc(O)c12. The molecule has 1 saturated heterocycles. The number of nitrogens with one attached hydrogen (secondary N) is 1. The fourth-order valence-corrected chi connectivity index (χ4v) is 3.08. The van der Waals surface area contributed by atoms with E-state index in [0.717, 1.165) is 6.07 Å². The van der Waals surface area contributed by atoms with E-state index in [9.17, 15) is 15.0 Å². The van der Waals surface area contributed by atoms with E-state index in [2.05, 4.69) is 5.32 Å². The lowest BCUT2D eigenvalue weighted by Crippen LogP contribution is -2.21. The standard InChI is InChI=1S/C15H9ClO4.C5H11N/c16-10-4-2-1-3-9(10)13-7-12(19)15-11(18)5-8(17)6-14(15)20-13;1-2-4-6-5-3-1/h1-7,17-18H;6H,1-5H2. The van der Waals surface area contributed by atoms with Crippen molar-refractivity contribution >= 4 is 22.6 Å². The Hall–Kier alpha value is -2.50. The normalized spacial score (nSPS) is 13.9. The number of benzene rings is 2. The van der Waals surface area contributed by atoms with Gasteiger partial charge in [-0.1, -0.05) is 30.2 Å². The van der Waals surface area contributed by atoms with Crippen LogP contribution >= 0.6 is 11.6 Å². The summed E-state index contributed by atoms with van der Waals surface area (Å²) in [5.74, 6) is -0.230. The summed E-state index contributed by atoms with van der Waals surface area (Å²) in [6.45, 7) is 2.50. The number of rotatable bonds is 1. The van der Waals surface area contributed by atoms with E-state index in [0.29, 0.717) is 10.6 Å². The number of phenolic OH excluding ortho intramolecular Hbond substituents is 2. The van der Waals surface area contributed by atoms with Crippen molar-refractivity contribution in [3.05, 3.63) is 57.7 Å². The Balaban J connectivity index is 0.000000278. The van der Waals surface area contributed by atoms with Crippen LogP contribution in [0.2, 0.25) is 5.02 Å². The van der Waals surface area contributed by atoms with Crippen LogP contribution in [0.4, 0.5) is 0 Å². The summed E-state index contributed by atoms with van der Waals surface area (Å²) in [4.78, 5) is 12.1. The third-order valence-electron chi connectivity index (χ3n) is 4.14. The molecule has 1 fully saturated rings. The third-order valence-corrected chi connectivity index (χ3v) is 4.47. The maximum Gasteiger partial charge on any atom is 0.197 e. The van der Waals surface area contributed by atoms with Gasteiger partial charge in [0.15, 0.2) is 5.43 Å². The molecule has 0 bridgehead atoms. The molecule has 1 aliphatic rings. The molecule has 3 aromatic rings. The van der Waals surface area contributed by atoms with Crippen LogP contribution in [0.15, 0.2) is 51.7 Å². The molecule has 0 aliphatic carbocycles. The molecule has 1 aromatic heterocycles. The van der Waals surface area contributed by atoms with Crippen LogP contribution in [0.25, 0.3) is 22.3 Å². The zero-order valence-corrected chi connectivity index (χ0v) is 14.9. The monoisotopic (exact) mass is 373 g/mol. The average Bonchev–Trinajstić information content (AvgIpc) is 2.63. The van der Waals surface area contributed by atoms with E-state index < -0.39 is 5.43 Å². The van der Waals surface area contributed by atoms with Gasteiger partial charge in [0.25, 0.3) is 0 Å². The Morgan fingerprint density at radius 1 is 1.00 bits per heavy atom. The van der Waals surface area contributed by atoms with Crippen molar-refractivity contribution < 1.29 is 14.6 Å². The molecule has 0 amide bonds. The molecule has 0 atom stereocenters. The van der Waals surface area contributed by atoms with E-state index in [1.54, 1.807) is 24.3 Å². The summed E-state index contributed by atoms with van der Waals surface area (Å²) in [6.07, 6.45) is 4.22.